The SMILES string of the molecule is COc1ccc(C(=O)C2CCS(=O)(=O)C2)cc1F. The smallest absolute Gasteiger partial charge is 0.167 e. The summed E-state index contributed by atoms with van der Waals surface area (Å²) < 4.78 is 40.8. The van der Waals surface area contributed by atoms with Crippen LogP contribution in [0.1, 0.15) is 16.8 Å². The van der Waals surface area contributed by atoms with E-state index in [0.29, 0.717) is 6.42 Å². The van der Waals surface area contributed by atoms with Gasteiger partial charge in [0, 0.05) is 11.5 Å². The van der Waals surface area contributed by atoms with Crippen LogP contribution in [0.15, 0.2) is 18.2 Å². The maximum atomic E-state index is 13.5. The summed E-state index contributed by atoms with van der Waals surface area (Å²) in [6.45, 7) is 0. The van der Waals surface area contributed by atoms with Crippen molar-refractivity contribution in [1.82, 2.24) is 0 Å². The molecule has 1 fully saturated rings. The van der Waals surface area contributed by atoms with Crippen molar-refractivity contribution in [2.45, 2.75) is 6.42 Å². The topological polar surface area (TPSA) is 60.4 Å². The lowest BCUT2D eigenvalue weighted by Crippen LogP contribution is -2.16. The predicted molar refractivity (Wildman–Crippen MR) is 64.0 cm³/mol. The number of hydrogen-bond acceptors (Lipinski definition) is 4. The van der Waals surface area contributed by atoms with Gasteiger partial charge in [-0.15, -0.1) is 0 Å². The number of ketones is 1. The Kier molecular flexibility index (Phi) is 3.38. The molecule has 1 aliphatic heterocycles. The van der Waals surface area contributed by atoms with Gasteiger partial charge in [-0.2, -0.15) is 0 Å². The first-order valence-corrected chi connectivity index (χ1v) is 7.33. The molecule has 1 aromatic rings. The maximum absolute atomic E-state index is 13.5. The molecule has 98 valence electrons. The zero-order valence-corrected chi connectivity index (χ0v) is 10.7. The molecule has 4 nitrogen and oxygen atoms in total. The van der Waals surface area contributed by atoms with Gasteiger partial charge in [0.05, 0.1) is 18.6 Å². The molecule has 1 unspecified atom stereocenters. The average Bonchev–Trinajstić information content (AvgIpc) is 2.68. The van der Waals surface area contributed by atoms with E-state index >= 15 is 0 Å². The van der Waals surface area contributed by atoms with Crippen molar-refractivity contribution in [2.24, 2.45) is 5.92 Å². The molecule has 1 saturated heterocycles. The predicted octanol–water partition coefficient (Wildman–Crippen LogP) is 1.45. The molecule has 2 rings (SSSR count). The average molecular weight is 272 g/mol. The van der Waals surface area contributed by atoms with Crippen LogP contribution >= 0.6 is 0 Å². The fraction of sp³-hybridized carbons (Fsp3) is 0.417. The maximum Gasteiger partial charge on any atom is 0.167 e. The molecule has 0 amide bonds. The molecule has 0 N–H and O–H groups in total. The molecule has 0 aliphatic carbocycles. The Hall–Kier alpha value is -1.43. The molecule has 0 saturated carbocycles. The van der Waals surface area contributed by atoms with Gasteiger partial charge >= 0.3 is 0 Å². The normalized spacial score (nSPS) is 21.8. The van der Waals surface area contributed by atoms with Crippen LogP contribution in [0, 0.1) is 11.7 Å². The lowest BCUT2D eigenvalue weighted by molar-refractivity contribution is 0.0933. The number of halogens is 1. The van der Waals surface area contributed by atoms with Gasteiger partial charge in [0.1, 0.15) is 0 Å². The molecular weight excluding hydrogens is 259 g/mol. The van der Waals surface area contributed by atoms with E-state index in [1.165, 1.54) is 19.2 Å². The number of sulfone groups is 1. The third kappa shape index (κ3) is 2.53. The molecule has 0 radical (unpaired) electrons. The number of methoxy groups -OCH3 is 1. The van der Waals surface area contributed by atoms with E-state index in [0.717, 1.165) is 6.07 Å². The summed E-state index contributed by atoms with van der Waals surface area (Å²) in [4.78, 5) is 12.0. The molecule has 6 heteroatoms. The van der Waals surface area contributed by atoms with Crippen molar-refractivity contribution in [3.05, 3.63) is 29.6 Å². The summed E-state index contributed by atoms with van der Waals surface area (Å²) >= 11 is 0. The van der Waals surface area contributed by atoms with Crippen LogP contribution in [0.4, 0.5) is 4.39 Å². The number of rotatable bonds is 3. The second-order valence-electron chi connectivity index (χ2n) is 4.31. The van der Waals surface area contributed by atoms with Crippen molar-refractivity contribution in [3.8, 4) is 5.75 Å². The Bertz CT molecular complexity index is 580. The molecular formula is C12H13FO4S. The summed E-state index contributed by atoms with van der Waals surface area (Å²) in [5, 5.41) is 0. The summed E-state index contributed by atoms with van der Waals surface area (Å²) in [6, 6.07) is 3.91. The third-order valence-corrected chi connectivity index (χ3v) is 4.81. The van der Waals surface area contributed by atoms with Crippen molar-refractivity contribution in [1.29, 1.82) is 0 Å². The number of benzene rings is 1. The molecule has 1 aliphatic rings. The minimum atomic E-state index is -3.11. The molecule has 0 aromatic heterocycles. The summed E-state index contributed by atoms with van der Waals surface area (Å²) in [5.74, 6) is -1.54. The fourth-order valence-corrected chi connectivity index (χ4v) is 3.80. The minimum absolute atomic E-state index is 0.0298. The number of Topliss-reactive ketones (excluding diaryl/α,β-unsaturated/α-hetero) is 1. The lowest BCUT2D eigenvalue weighted by atomic mass is 9.97. The van der Waals surface area contributed by atoms with E-state index in [9.17, 15) is 17.6 Å². The summed E-state index contributed by atoms with van der Waals surface area (Å²) in [6.07, 6.45) is 0.314. The van der Waals surface area contributed by atoms with Crippen molar-refractivity contribution in [3.63, 3.8) is 0 Å². The van der Waals surface area contributed by atoms with Crippen LogP contribution < -0.4 is 4.74 Å². The Morgan fingerprint density at radius 2 is 2.17 bits per heavy atom. The number of ether oxygens (including phenoxy) is 1. The molecule has 1 aromatic carbocycles. The van der Waals surface area contributed by atoms with Crippen molar-refractivity contribution < 1.29 is 22.3 Å². The van der Waals surface area contributed by atoms with Crippen molar-refractivity contribution in [2.75, 3.05) is 18.6 Å². The first kappa shape index (κ1) is 13.0. The molecule has 0 bridgehead atoms. The van der Waals surface area contributed by atoms with Gasteiger partial charge in [0.15, 0.2) is 27.2 Å². The molecule has 0 spiro atoms. The van der Waals surface area contributed by atoms with Crippen LogP contribution in [-0.4, -0.2) is 32.8 Å². The van der Waals surface area contributed by atoms with Crippen LogP contribution in [0.2, 0.25) is 0 Å². The minimum Gasteiger partial charge on any atom is -0.494 e. The lowest BCUT2D eigenvalue weighted by Gasteiger charge is -2.08. The van der Waals surface area contributed by atoms with E-state index in [1.807, 2.05) is 0 Å². The summed E-state index contributed by atoms with van der Waals surface area (Å²) in [7, 11) is -1.77. The van der Waals surface area contributed by atoms with Gasteiger partial charge in [0.2, 0.25) is 0 Å². The zero-order valence-electron chi connectivity index (χ0n) is 9.85. The van der Waals surface area contributed by atoms with Crippen LogP contribution in [0.5, 0.6) is 5.75 Å². The number of carbonyl (C=O) groups is 1. The second kappa shape index (κ2) is 4.68. The zero-order chi connectivity index (χ0) is 13.3. The van der Waals surface area contributed by atoms with Crippen LogP contribution in [-0.2, 0) is 9.84 Å². The highest BCUT2D eigenvalue weighted by molar-refractivity contribution is 7.91. The quantitative estimate of drug-likeness (QED) is 0.781. The Labute approximate surface area is 105 Å². The Balaban J connectivity index is 2.22. The van der Waals surface area contributed by atoms with Gasteiger partial charge in [-0.05, 0) is 24.6 Å². The van der Waals surface area contributed by atoms with E-state index < -0.39 is 21.6 Å². The standard InChI is InChI=1S/C12H13FO4S/c1-17-11-3-2-8(6-10(11)13)12(14)9-4-5-18(15,16)7-9/h2-3,6,9H,4-5,7H2,1H3. The second-order valence-corrected chi connectivity index (χ2v) is 6.54. The number of hydrogen-bond donors (Lipinski definition) is 0. The molecule has 18 heavy (non-hydrogen) atoms. The van der Waals surface area contributed by atoms with Gasteiger partial charge < -0.3 is 4.74 Å². The highest BCUT2D eigenvalue weighted by atomic mass is 32.2. The monoisotopic (exact) mass is 272 g/mol. The van der Waals surface area contributed by atoms with Crippen LogP contribution in [0.25, 0.3) is 0 Å². The van der Waals surface area contributed by atoms with Gasteiger partial charge in [-0.25, -0.2) is 12.8 Å². The van der Waals surface area contributed by atoms with Gasteiger partial charge in [0.25, 0.3) is 0 Å². The van der Waals surface area contributed by atoms with Gasteiger partial charge in [-0.3, -0.25) is 4.79 Å². The fourth-order valence-electron chi connectivity index (χ4n) is 2.06. The Morgan fingerprint density at radius 1 is 1.44 bits per heavy atom. The third-order valence-electron chi connectivity index (χ3n) is 3.04. The highest BCUT2D eigenvalue weighted by Gasteiger charge is 2.33. The largest absolute Gasteiger partial charge is 0.494 e. The first-order chi connectivity index (χ1) is 8.43. The van der Waals surface area contributed by atoms with Crippen LogP contribution in [0.3, 0.4) is 0 Å². The number of carbonyl (C=O) groups excluding carboxylic acids is 1. The first-order valence-electron chi connectivity index (χ1n) is 5.51. The van der Waals surface area contributed by atoms with E-state index in [2.05, 4.69) is 0 Å². The van der Waals surface area contributed by atoms with Gasteiger partial charge in [-0.1, -0.05) is 0 Å². The highest BCUT2D eigenvalue weighted by Crippen LogP contribution is 2.25. The Morgan fingerprint density at radius 3 is 2.67 bits per heavy atom. The van der Waals surface area contributed by atoms with E-state index in [1.54, 1.807) is 0 Å². The molecule has 1 atom stereocenters. The van der Waals surface area contributed by atoms with Crippen molar-refractivity contribution >= 4 is 15.6 Å². The molecule has 1 heterocycles. The van der Waals surface area contributed by atoms with E-state index in [4.69, 9.17) is 4.74 Å². The summed E-state index contributed by atoms with van der Waals surface area (Å²) in [5.41, 5.74) is 0.190. The van der Waals surface area contributed by atoms with E-state index in [-0.39, 0.29) is 28.6 Å².